The van der Waals surface area contributed by atoms with Crippen LogP contribution in [0.1, 0.15) is 19.2 Å². The van der Waals surface area contributed by atoms with Crippen molar-refractivity contribution in [2.45, 2.75) is 26.4 Å². The maximum absolute atomic E-state index is 13.6. The van der Waals surface area contributed by atoms with Crippen molar-refractivity contribution in [3.63, 3.8) is 0 Å². The van der Waals surface area contributed by atoms with Gasteiger partial charge in [-0.1, -0.05) is 6.92 Å². The van der Waals surface area contributed by atoms with Crippen LogP contribution in [0.2, 0.25) is 0 Å². The summed E-state index contributed by atoms with van der Waals surface area (Å²) >= 11 is 2.94. The first-order chi connectivity index (χ1) is 9.11. The second-order valence-electron chi connectivity index (χ2n) is 4.14. The fourth-order valence-corrected chi connectivity index (χ4v) is 2.10. The Hall–Kier alpha value is -1.43. The summed E-state index contributed by atoms with van der Waals surface area (Å²) in [4.78, 5) is 4.19. The monoisotopic (exact) mass is 329 g/mol. The fourth-order valence-electron chi connectivity index (χ4n) is 1.78. The molecule has 6 heteroatoms. The third-order valence-corrected chi connectivity index (χ3v) is 3.32. The molecule has 19 heavy (non-hydrogen) atoms. The van der Waals surface area contributed by atoms with E-state index in [4.69, 9.17) is 0 Å². The second-order valence-corrected chi connectivity index (χ2v) is 4.99. The third kappa shape index (κ3) is 3.32. The number of rotatable bonds is 5. The van der Waals surface area contributed by atoms with E-state index in [1.54, 1.807) is 6.20 Å². The summed E-state index contributed by atoms with van der Waals surface area (Å²) in [6.45, 7) is 3.28. The van der Waals surface area contributed by atoms with Gasteiger partial charge in [-0.2, -0.15) is 0 Å². The minimum atomic E-state index is -0.499. The van der Waals surface area contributed by atoms with Crippen LogP contribution in [-0.2, 0) is 13.1 Å². The van der Waals surface area contributed by atoms with E-state index in [2.05, 4.69) is 33.2 Å². The quantitative estimate of drug-likeness (QED) is 0.842. The standard InChI is InChI=1S/C13H14BrF2N3/c1-2-4-19-5-3-17-13(19)8-18-12-7-10(15)9(14)6-11(12)16/h3,5-7,18H,2,4,8H2,1H3. The minimum absolute atomic E-state index is 0.114. The van der Waals surface area contributed by atoms with Gasteiger partial charge in [0.1, 0.15) is 17.5 Å². The van der Waals surface area contributed by atoms with Gasteiger partial charge in [-0.15, -0.1) is 0 Å². The average Bonchev–Trinajstić information content (AvgIpc) is 2.80. The molecule has 102 valence electrons. The topological polar surface area (TPSA) is 29.9 Å². The molecule has 0 fully saturated rings. The van der Waals surface area contributed by atoms with Crippen molar-refractivity contribution in [2.75, 3.05) is 5.32 Å². The lowest BCUT2D eigenvalue weighted by atomic mass is 10.3. The predicted molar refractivity (Wildman–Crippen MR) is 73.9 cm³/mol. The number of aryl methyl sites for hydroxylation is 1. The van der Waals surface area contributed by atoms with Crippen LogP contribution in [0, 0.1) is 11.6 Å². The number of imidazole rings is 1. The minimum Gasteiger partial charge on any atom is -0.375 e. The second kappa shape index (κ2) is 6.14. The summed E-state index contributed by atoms with van der Waals surface area (Å²) in [5.41, 5.74) is 0.131. The lowest BCUT2D eigenvalue weighted by Gasteiger charge is -2.10. The smallest absolute Gasteiger partial charge is 0.147 e. The number of nitrogens with zero attached hydrogens (tertiary/aromatic N) is 2. The van der Waals surface area contributed by atoms with Crippen molar-refractivity contribution in [1.82, 2.24) is 9.55 Å². The van der Waals surface area contributed by atoms with E-state index < -0.39 is 11.6 Å². The van der Waals surface area contributed by atoms with Crippen molar-refractivity contribution >= 4 is 21.6 Å². The lowest BCUT2D eigenvalue weighted by Crippen LogP contribution is -2.09. The molecule has 2 aromatic rings. The van der Waals surface area contributed by atoms with E-state index >= 15 is 0 Å². The van der Waals surface area contributed by atoms with Gasteiger partial charge in [0.05, 0.1) is 16.7 Å². The highest BCUT2D eigenvalue weighted by Gasteiger charge is 2.09. The van der Waals surface area contributed by atoms with Crippen LogP contribution in [0.4, 0.5) is 14.5 Å². The Morgan fingerprint density at radius 1 is 1.32 bits per heavy atom. The zero-order valence-electron chi connectivity index (χ0n) is 10.5. The van der Waals surface area contributed by atoms with E-state index in [9.17, 15) is 8.78 Å². The Morgan fingerprint density at radius 2 is 2.11 bits per heavy atom. The van der Waals surface area contributed by atoms with Crippen molar-refractivity contribution in [1.29, 1.82) is 0 Å². The average molecular weight is 330 g/mol. The maximum atomic E-state index is 13.6. The summed E-state index contributed by atoms with van der Waals surface area (Å²) < 4.78 is 29.1. The van der Waals surface area contributed by atoms with Crippen molar-refractivity contribution < 1.29 is 8.78 Å². The SMILES string of the molecule is CCCn1ccnc1CNc1cc(F)c(Br)cc1F. The first-order valence-electron chi connectivity index (χ1n) is 6.00. The molecule has 0 saturated heterocycles. The molecule has 0 unspecified atom stereocenters. The van der Waals surface area contributed by atoms with E-state index in [-0.39, 0.29) is 10.2 Å². The molecule has 0 aliphatic carbocycles. The molecule has 0 atom stereocenters. The first kappa shape index (κ1) is 14.0. The van der Waals surface area contributed by atoms with E-state index in [1.807, 2.05) is 10.8 Å². The molecular weight excluding hydrogens is 316 g/mol. The van der Waals surface area contributed by atoms with Gasteiger partial charge in [0.2, 0.25) is 0 Å². The summed E-state index contributed by atoms with van der Waals surface area (Å²) in [5.74, 6) is -0.202. The molecule has 0 saturated carbocycles. The molecule has 1 N–H and O–H groups in total. The van der Waals surface area contributed by atoms with Crippen LogP contribution in [0.15, 0.2) is 29.0 Å². The summed E-state index contributed by atoms with van der Waals surface area (Å²) in [5, 5.41) is 2.86. The number of halogens is 3. The van der Waals surface area contributed by atoms with Gasteiger partial charge in [-0.05, 0) is 28.4 Å². The lowest BCUT2D eigenvalue weighted by molar-refractivity contribution is 0.595. The molecule has 3 nitrogen and oxygen atoms in total. The van der Waals surface area contributed by atoms with Crippen LogP contribution in [0.25, 0.3) is 0 Å². The molecule has 1 heterocycles. The molecule has 0 aliphatic rings. The molecule has 0 spiro atoms. The molecule has 0 amide bonds. The Balaban J connectivity index is 2.10. The largest absolute Gasteiger partial charge is 0.375 e. The summed E-state index contributed by atoms with van der Waals surface area (Å²) in [6, 6.07) is 2.24. The Morgan fingerprint density at radius 3 is 2.84 bits per heavy atom. The summed E-state index contributed by atoms with van der Waals surface area (Å²) in [7, 11) is 0. The fraction of sp³-hybridized carbons (Fsp3) is 0.308. The van der Waals surface area contributed by atoms with Crippen LogP contribution >= 0.6 is 15.9 Å². The number of anilines is 1. The van der Waals surface area contributed by atoms with Crippen LogP contribution in [0.3, 0.4) is 0 Å². The zero-order chi connectivity index (χ0) is 13.8. The van der Waals surface area contributed by atoms with Crippen molar-refractivity contribution in [3.05, 3.63) is 46.5 Å². The van der Waals surface area contributed by atoms with Crippen LogP contribution < -0.4 is 5.32 Å². The zero-order valence-corrected chi connectivity index (χ0v) is 12.0. The highest BCUT2D eigenvalue weighted by atomic mass is 79.9. The number of hydrogen-bond donors (Lipinski definition) is 1. The van der Waals surface area contributed by atoms with Gasteiger partial charge in [-0.3, -0.25) is 0 Å². The van der Waals surface area contributed by atoms with Gasteiger partial charge in [-0.25, -0.2) is 13.8 Å². The Bertz CT molecular complexity index is 569. The van der Waals surface area contributed by atoms with E-state index in [0.717, 1.165) is 30.9 Å². The third-order valence-electron chi connectivity index (χ3n) is 2.71. The molecule has 0 aliphatic heterocycles. The number of nitrogens with one attached hydrogen (secondary N) is 1. The molecule has 1 aromatic heterocycles. The number of aromatic nitrogens is 2. The van der Waals surface area contributed by atoms with Crippen molar-refractivity contribution in [2.24, 2.45) is 0 Å². The first-order valence-corrected chi connectivity index (χ1v) is 6.79. The highest BCUT2D eigenvalue weighted by Crippen LogP contribution is 2.23. The summed E-state index contributed by atoms with van der Waals surface area (Å²) in [6.07, 6.45) is 4.56. The van der Waals surface area contributed by atoms with E-state index in [0.29, 0.717) is 6.54 Å². The molecule has 0 radical (unpaired) electrons. The van der Waals surface area contributed by atoms with Crippen LogP contribution in [-0.4, -0.2) is 9.55 Å². The van der Waals surface area contributed by atoms with E-state index in [1.165, 1.54) is 0 Å². The molecule has 1 aromatic carbocycles. The van der Waals surface area contributed by atoms with Crippen molar-refractivity contribution in [3.8, 4) is 0 Å². The van der Waals surface area contributed by atoms with Gasteiger partial charge in [0, 0.05) is 25.0 Å². The normalized spacial score (nSPS) is 10.7. The molecule has 2 rings (SSSR count). The Kier molecular flexibility index (Phi) is 4.52. The maximum Gasteiger partial charge on any atom is 0.147 e. The van der Waals surface area contributed by atoms with Gasteiger partial charge >= 0.3 is 0 Å². The van der Waals surface area contributed by atoms with Gasteiger partial charge in [0.15, 0.2) is 0 Å². The highest BCUT2D eigenvalue weighted by molar-refractivity contribution is 9.10. The van der Waals surface area contributed by atoms with Gasteiger partial charge in [0.25, 0.3) is 0 Å². The predicted octanol–water partition coefficient (Wildman–Crippen LogP) is 3.95. The van der Waals surface area contributed by atoms with Gasteiger partial charge < -0.3 is 9.88 Å². The molecular formula is C13H14BrF2N3. The molecule has 0 bridgehead atoms. The van der Waals surface area contributed by atoms with Crippen LogP contribution in [0.5, 0.6) is 0 Å². The number of hydrogen-bond acceptors (Lipinski definition) is 2. The number of benzene rings is 1. The Labute approximate surface area is 118 Å².